The summed E-state index contributed by atoms with van der Waals surface area (Å²) >= 11 is 0. The van der Waals surface area contributed by atoms with Gasteiger partial charge in [0.25, 0.3) is 0 Å². The normalized spacial score (nSPS) is 10.8. The summed E-state index contributed by atoms with van der Waals surface area (Å²) in [6, 6.07) is 36.4. The average Bonchev–Trinajstić information content (AvgIpc) is 3.05. The molecular formula is C42H43NO2. The van der Waals surface area contributed by atoms with E-state index in [1.165, 1.54) is 33.4 Å². The molecule has 0 aliphatic rings. The second-order valence-corrected chi connectivity index (χ2v) is 11.6. The Bertz CT molecular complexity index is 1640. The van der Waals surface area contributed by atoms with Gasteiger partial charge in [0.1, 0.15) is 11.5 Å². The van der Waals surface area contributed by atoms with Crippen LogP contribution >= 0.6 is 0 Å². The average molecular weight is 594 g/mol. The molecule has 0 heterocycles. The molecule has 0 N–H and O–H groups in total. The number of aryl methyl sites for hydroxylation is 4. The first kappa shape index (κ1) is 31.4. The van der Waals surface area contributed by atoms with E-state index in [4.69, 9.17) is 9.47 Å². The first-order chi connectivity index (χ1) is 21.8. The molecule has 0 spiro atoms. The fourth-order valence-corrected chi connectivity index (χ4v) is 5.24. The maximum atomic E-state index is 6.41. The minimum Gasteiger partial charge on any atom is -0.493 e. The molecule has 0 aliphatic carbocycles. The Labute approximate surface area is 269 Å². The zero-order valence-corrected chi connectivity index (χ0v) is 27.0. The van der Waals surface area contributed by atoms with Crippen molar-refractivity contribution >= 4 is 29.2 Å². The summed E-state index contributed by atoms with van der Waals surface area (Å²) in [5.74, 6) is 1.55. The van der Waals surface area contributed by atoms with Crippen molar-refractivity contribution in [3.63, 3.8) is 0 Å². The van der Waals surface area contributed by atoms with Crippen molar-refractivity contribution in [2.45, 2.75) is 40.5 Å². The molecule has 3 heteroatoms. The van der Waals surface area contributed by atoms with Crippen LogP contribution in [0.2, 0.25) is 0 Å². The molecule has 3 nitrogen and oxygen atoms in total. The van der Waals surface area contributed by atoms with Crippen molar-refractivity contribution < 1.29 is 9.47 Å². The SMILES string of the molecule is C=Cc1ccc(CCOc2cc(OCCc3ccc(C=C)cc3)cc(N(c3ccc(C)c(C)c3)c3ccc(C)c(C)c3)c2)cc1. The van der Waals surface area contributed by atoms with Gasteiger partial charge in [0.05, 0.1) is 18.9 Å². The van der Waals surface area contributed by atoms with Gasteiger partial charge >= 0.3 is 0 Å². The first-order valence-electron chi connectivity index (χ1n) is 15.6. The number of anilines is 3. The molecule has 5 aromatic carbocycles. The van der Waals surface area contributed by atoms with E-state index < -0.39 is 0 Å². The van der Waals surface area contributed by atoms with Gasteiger partial charge in [-0.25, -0.2) is 0 Å². The summed E-state index contributed by atoms with van der Waals surface area (Å²) in [5.41, 5.74) is 12.9. The highest BCUT2D eigenvalue weighted by Crippen LogP contribution is 2.40. The van der Waals surface area contributed by atoms with Gasteiger partial charge in [0.15, 0.2) is 0 Å². The largest absolute Gasteiger partial charge is 0.493 e. The lowest BCUT2D eigenvalue weighted by Gasteiger charge is -2.28. The Hall–Kier alpha value is -5.02. The molecule has 0 atom stereocenters. The van der Waals surface area contributed by atoms with Gasteiger partial charge in [-0.2, -0.15) is 0 Å². The predicted molar refractivity (Wildman–Crippen MR) is 192 cm³/mol. The van der Waals surface area contributed by atoms with Crippen LogP contribution in [0.1, 0.15) is 44.5 Å². The Balaban J connectivity index is 1.47. The number of nitrogens with zero attached hydrogens (tertiary/aromatic N) is 1. The fourth-order valence-electron chi connectivity index (χ4n) is 5.24. The highest BCUT2D eigenvalue weighted by molar-refractivity contribution is 5.79. The highest BCUT2D eigenvalue weighted by atomic mass is 16.5. The Morgan fingerprint density at radius 2 is 0.911 bits per heavy atom. The quantitative estimate of drug-likeness (QED) is 0.136. The number of rotatable bonds is 13. The fraction of sp³-hybridized carbons (Fsp3) is 0.190. The standard InChI is InChI=1S/C42H43NO2/c1-7-34-11-15-36(16-12-34)21-23-44-41-27-40(28-42(29-41)45-24-22-37-17-13-35(8-2)14-18-37)43(38-19-9-30(3)32(5)25-38)39-20-10-31(4)33(6)26-39/h7-20,25-29H,1-2,21-24H2,3-6H3. The second-order valence-electron chi connectivity index (χ2n) is 11.6. The van der Waals surface area contributed by atoms with Crippen LogP contribution in [0.4, 0.5) is 17.1 Å². The summed E-state index contributed by atoms with van der Waals surface area (Å²) in [6.45, 7) is 17.4. The number of benzene rings is 5. The molecule has 45 heavy (non-hydrogen) atoms. The molecule has 5 aromatic rings. The molecule has 0 aromatic heterocycles. The second kappa shape index (κ2) is 14.6. The van der Waals surface area contributed by atoms with Gasteiger partial charge in [-0.15, -0.1) is 0 Å². The topological polar surface area (TPSA) is 21.7 Å². The van der Waals surface area contributed by atoms with Crippen molar-refractivity contribution in [1.82, 2.24) is 0 Å². The van der Waals surface area contributed by atoms with E-state index in [1.807, 2.05) is 18.2 Å². The third-order valence-corrected chi connectivity index (χ3v) is 8.37. The molecule has 0 unspecified atom stereocenters. The molecule has 0 radical (unpaired) electrons. The molecule has 0 saturated heterocycles. The highest BCUT2D eigenvalue weighted by Gasteiger charge is 2.17. The van der Waals surface area contributed by atoms with Crippen LogP contribution in [-0.4, -0.2) is 13.2 Å². The summed E-state index contributed by atoms with van der Waals surface area (Å²) in [4.78, 5) is 2.29. The summed E-state index contributed by atoms with van der Waals surface area (Å²) < 4.78 is 12.8. The lowest BCUT2D eigenvalue weighted by Crippen LogP contribution is -2.12. The van der Waals surface area contributed by atoms with Gasteiger partial charge < -0.3 is 14.4 Å². The maximum absolute atomic E-state index is 6.41. The van der Waals surface area contributed by atoms with E-state index in [1.54, 1.807) is 0 Å². The molecule has 0 saturated carbocycles. The van der Waals surface area contributed by atoms with Gasteiger partial charge in [0, 0.05) is 42.4 Å². The molecule has 0 bridgehead atoms. The van der Waals surface area contributed by atoms with Crippen molar-refractivity contribution in [3.05, 3.63) is 161 Å². The van der Waals surface area contributed by atoms with Crippen molar-refractivity contribution in [1.29, 1.82) is 0 Å². The zero-order chi connectivity index (χ0) is 31.8. The Morgan fingerprint density at radius 1 is 0.489 bits per heavy atom. The lowest BCUT2D eigenvalue weighted by molar-refractivity contribution is 0.306. The monoisotopic (exact) mass is 593 g/mol. The third kappa shape index (κ3) is 8.13. The smallest absolute Gasteiger partial charge is 0.125 e. The van der Waals surface area contributed by atoms with Gasteiger partial charge in [-0.1, -0.05) is 86.0 Å². The zero-order valence-electron chi connectivity index (χ0n) is 27.0. The summed E-state index contributed by atoms with van der Waals surface area (Å²) in [7, 11) is 0. The van der Waals surface area contributed by atoms with Crippen LogP contribution in [0, 0.1) is 27.7 Å². The molecule has 0 aliphatic heterocycles. The van der Waals surface area contributed by atoms with Gasteiger partial charge in [-0.3, -0.25) is 0 Å². The van der Waals surface area contributed by atoms with E-state index in [2.05, 4.69) is 143 Å². The lowest BCUT2D eigenvalue weighted by atomic mass is 10.1. The van der Waals surface area contributed by atoms with Crippen LogP contribution in [0.3, 0.4) is 0 Å². The number of hydrogen-bond donors (Lipinski definition) is 0. The summed E-state index contributed by atoms with van der Waals surface area (Å²) in [6.07, 6.45) is 5.33. The van der Waals surface area contributed by atoms with E-state index >= 15 is 0 Å². The molecular weight excluding hydrogens is 550 g/mol. The van der Waals surface area contributed by atoms with Gasteiger partial charge in [0.2, 0.25) is 0 Å². The van der Waals surface area contributed by atoms with E-state index in [0.29, 0.717) is 13.2 Å². The molecule has 228 valence electrons. The van der Waals surface area contributed by atoms with E-state index in [0.717, 1.165) is 52.5 Å². The van der Waals surface area contributed by atoms with Crippen molar-refractivity contribution in [3.8, 4) is 11.5 Å². The van der Waals surface area contributed by atoms with Crippen LogP contribution in [0.5, 0.6) is 11.5 Å². The van der Waals surface area contributed by atoms with Crippen LogP contribution in [-0.2, 0) is 12.8 Å². The molecule has 5 rings (SSSR count). The van der Waals surface area contributed by atoms with Gasteiger partial charge in [-0.05, 0) is 96.5 Å². The van der Waals surface area contributed by atoms with E-state index in [-0.39, 0.29) is 0 Å². The minimum absolute atomic E-state index is 0.555. The Morgan fingerprint density at radius 3 is 1.29 bits per heavy atom. The number of ether oxygens (including phenoxy) is 2. The first-order valence-corrected chi connectivity index (χ1v) is 15.6. The Kier molecular flexibility index (Phi) is 10.2. The van der Waals surface area contributed by atoms with Crippen molar-refractivity contribution in [2.75, 3.05) is 18.1 Å². The van der Waals surface area contributed by atoms with E-state index in [9.17, 15) is 0 Å². The molecule has 0 amide bonds. The van der Waals surface area contributed by atoms with Crippen LogP contribution in [0.25, 0.3) is 12.2 Å². The third-order valence-electron chi connectivity index (χ3n) is 8.37. The van der Waals surface area contributed by atoms with Crippen LogP contribution < -0.4 is 14.4 Å². The maximum Gasteiger partial charge on any atom is 0.125 e. The molecule has 0 fully saturated rings. The number of hydrogen-bond acceptors (Lipinski definition) is 3. The summed E-state index contributed by atoms with van der Waals surface area (Å²) in [5, 5.41) is 0. The minimum atomic E-state index is 0.555. The van der Waals surface area contributed by atoms with Crippen molar-refractivity contribution in [2.24, 2.45) is 0 Å². The van der Waals surface area contributed by atoms with Crippen LogP contribution in [0.15, 0.2) is 116 Å². The predicted octanol–water partition coefficient (Wildman–Crippen LogP) is 10.9.